The third-order valence-corrected chi connectivity index (χ3v) is 5.45. The summed E-state index contributed by atoms with van der Waals surface area (Å²) in [5.41, 5.74) is 1.75. The second-order valence-corrected chi connectivity index (χ2v) is 8.16. The number of carbonyl (C=O) groups excluding carboxylic acids is 2. The van der Waals surface area contributed by atoms with Gasteiger partial charge in [0.1, 0.15) is 6.10 Å². The molecular formula is C23H32O4. The van der Waals surface area contributed by atoms with Crippen LogP contribution in [0, 0.1) is 18.3 Å². The molecule has 1 aromatic rings. The maximum Gasteiger partial charge on any atom is 0.331 e. The normalized spacial score (nSPS) is 20.4. The van der Waals surface area contributed by atoms with Crippen LogP contribution in [0.1, 0.15) is 64.0 Å². The van der Waals surface area contributed by atoms with Crippen molar-refractivity contribution in [1.82, 2.24) is 0 Å². The standard InChI is InChI=1S/C23H32O4/c1-5-23(3,4)22(25)26-16-19-10-13-20(14-11-19)27-21(24)15-12-18-8-6-17(2)7-9-18/h6-9,12,15,19-20H,5,10-11,13-14,16H2,1-4H3/b15-12+. The van der Waals surface area contributed by atoms with Crippen molar-refractivity contribution in [2.24, 2.45) is 11.3 Å². The Bertz CT molecular complexity index is 649. The van der Waals surface area contributed by atoms with E-state index >= 15 is 0 Å². The van der Waals surface area contributed by atoms with E-state index in [1.165, 1.54) is 11.6 Å². The Balaban J connectivity index is 1.70. The minimum Gasteiger partial charge on any atom is -0.465 e. The summed E-state index contributed by atoms with van der Waals surface area (Å²) >= 11 is 0. The maximum absolute atomic E-state index is 12.1. The Morgan fingerprint density at radius 3 is 2.33 bits per heavy atom. The summed E-state index contributed by atoms with van der Waals surface area (Å²) in [4.78, 5) is 24.1. The lowest BCUT2D eigenvalue weighted by Gasteiger charge is -2.29. The van der Waals surface area contributed by atoms with E-state index < -0.39 is 5.41 Å². The zero-order valence-electron chi connectivity index (χ0n) is 17.0. The van der Waals surface area contributed by atoms with Crippen LogP contribution in [-0.2, 0) is 19.1 Å². The molecule has 0 bridgehead atoms. The maximum atomic E-state index is 12.1. The van der Waals surface area contributed by atoms with E-state index in [9.17, 15) is 9.59 Å². The van der Waals surface area contributed by atoms with E-state index in [1.54, 1.807) is 6.08 Å². The van der Waals surface area contributed by atoms with Crippen LogP contribution in [0.5, 0.6) is 0 Å². The third-order valence-electron chi connectivity index (χ3n) is 5.45. The number of ether oxygens (including phenoxy) is 2. The molecule has 0 radical (unpaired) electrons. The largest absolute Gasteiger partial charge is 0.465 e. The first-order valence-corrected chi connectivity index (χ1v) is 9.92. The molecule has 4 nitrogen and oxygen atoms in total. The van der Waals surface area contributed by atoms with Crippen molar-refractivity contribution in [1.29, 1.82) is 0 Å². The second kappa shape index (κ2) is 9.72. The molecule has 0 N–H and O–H groups in total. The molecular weight excluding hydrogens is 340 g/mol. The van der Waals surface area contributed by atoms with E-state index in [0.717, 1.165) is 37.7 Å². The molecule has 1 fully saturated rings. The molecule has 0 aliphatic heterocycles. The number of esters is 2. The van der Waals surface area contributed by atoms with Crippen molar-refractivity contribution >= 4 is 18.0 Å². The van der Waals surface area contributed by atoms with Crippen LogP contribution in [0.2, 0.25) is 0 Å². The fourth-order valence-electron chi connectivity index (χ4n) is 3.00. The monoisotopic (exact) mass is 372 g/mol. The van der Waals surface area contributed by atoms with E-state index in [4.69, 9.17) is 9.47 Å². The number of hydrogen-bond donors (Lipinski definition) is 0. The summed E-state index contributed by atoms with van der Waals surface area (Å²) in [5, 5.41) is 0. The van der Waals surface area contributed by atoms with E-state index in [0.29, 0.717) is 12.5 Å². The van der Waals surface area contributed by atoms with Crippen molar-refractivity contribution in [2.75, 3.05) is 6.61 Å². The van der Waals surface area contributed by atoms with Gasteiger partial charge in [0.25, 0.3) is 0 Å². The summed E-state index contributed by atoms with van der Waals surface area (Å²) < 4.78 is 11.0. The summed E-state index contributed by atoms with van der Waals surface area (Å²) in [7, 11) is 0. The summed E-state index contributed by atoms with van der Waals surface area (Å²) in [6, 6.07) is 7.98. The molecule has 0 aromatic heterocycles. The van der Waals surface area contributed by atoms with Crippen LogP contribution < -0.4 is 0 Å². The van der Waals surface area contributed by atoms with E-state index in [1.807, 2.05) is 52.0 Å². The van der Waals surface area contributed by atoms with Gasteiger partial charge in [-0.05, 0) is 70.4 Å². The molecule has 0 saturated heterocycles. The van der Waals surface area contributed by atoms with Gasteiger partial charge in [0.15, 0.2) is 0 Å². The van der Waals surface area contributed by atoms with Gasteiger partial charge in [0.05, 0.1) is 12.0 Å². The highest BCUT2D eigenvalue weighted by atomic mass is 16.5. The second-order valence-electron chi connectivity index (χ2n) is 8.16. The molecule has 4 heteroatoms. The number of hydrogen-bond acceptors (Lipinski definition) is 4. The van der Waals surface area contributed by atoms with Crippen LogP contribution >= 0.6 is 0 Å². The van der Waals surface area contributed by atoms with Crippen LogP contribution in [-0.4, -0.2) is 24.6 Å². The molecule has 2 rings (SSSR count). The zero-order chi connectivity index (χ0) is 19.9. The number of benzene rings is 1. The highest BCUT2D eigenvalue weighted by molar-refractivity contribution is 5.87. The van der Waals surface area contributed by atoms with Gasteiger partial charge >= 0.3 is 11.9 Å². The topological polar surface area (TPSA) is 52.6 Å². The Hall–Kier alpha value is -2.10. The average Bonchev–Trinajstić information content (AvgIpc) is 2.66. The lowest BCUT2D eigenvalue weighted by atomic mass is 9.87. The molecule has 1 aromatic carbocycles. The van der Waals surface area contributed by atoms with Gasteiger partial charge in [-0.2, -0.15) is 0 Å². The zero-order valence-corrected chi connectivity index (χ0v) is 17.0. The van der Waals surface area contributed by atoms with Crippen LogP contribution in [0.3, 0.4) is 0 Å². The Morgan fingerprint density at radius 1 is 1.11 bits per heavy atom. The van der Waals surface area contributed by atoms with Crippen molar-refractivity contribution in [3.05, 3.63) is 41.5 Å². The lowest BCUT2D eigenvalue weighted by molar-refractivity contribution is -0.156. The molecule has 1 saturated carbocycles. The summed E-state index contributed by atoms with van der Waals surface area (Å²) in [6.07, 6.45) is 7.48. The summed E-state index contributed by atoms with van der Waals surface area (Å²) in [6.45, 7) is 8.32. The van der Waals surface area contributed by atoms with E-state index in [-0.39, 0.29) is 18.0 Å². The predicted octanol–water partition coefficient (Wildman–Crippen LogP) is 5.09. The van der Waals surface area contributed by atoms with Crippen molar-refractivity contribution in [3.63, 3.8) is 0 Å². The first-order chi connectivity index (χ1) is 12.8. The van der Waals surface area contributed by atoms with Crippen LogP contribution in [0.25, 0.3) is 6.08 Å². The van der Waals surface area contributed by atoms with Crippen molar-refractivity contribution < 1.29 is 19.1 Å². The van der Waals surface area contributed by atoms with Gasteiger partial charge in [-0.15, -0.1) is 0 Å². The Morgan fingerprint density at radius 2 is 1.74 bits per heavy atom. The van der Waals surface area contributed by atoms with Gasteiger partial charge in [0.2, 0.25) is 0 Å². The molecule has 0 spiro atoms. The highest BCUT2D eigenvalue weighted by Gasteiger charge is 2.29. The van der Waals surface area contributed by atoms with Gasteiger partial charge < -0.3 is 9.47 Å². The lowest BCUT2D eigenvalue weighted by Crippen LogP contribution is -2.30. The Labute approximate surface area is 162 Å². The molecule has 0 atom stereocenters. The molecule has 0 unspecified atom stereocenters. The quantitative estimate of drug-likeness (QED) is 0.494. The average molecular weight is 373 g/mol. The summed E-state index contributed by atoms with van der Waals surface area (Å²) in [5.74, 6) is -0.0606. The molecule has 0 amide bonds. The molecule has 148 valence electrons. The van der Waals surface area contributed by atoms with Crippen LogP contribution in [0.4, 0.5) is 0 Å². The fraction of sp³-hybridized carbons (Fsp3) is 0.565. The predicted molar refractivity (Wildman–Crippen MR) is 107 cm³/mol. The number of rotatable bonds is 7. The van der Waals surface area contributed by atoms with Gasteiger partial charge in [-0.25, -0.2) is 4.79 Å². The van der Waals surface area contributed by atoms with E-state index in [2.05, 4.69) is 0 Å². The van der Waals surface area contributed by atoms with Crippen molar-refractivity contribution in [2.45, 2.75) is 65.9 Å². The Kier molecular flexibility index (Phi) is 7.64. The molecule has 1 aliphatic carbocycles. The SMILES string of the molecule is CCC(C)(C)C(=O)OCC1CCC(OC(=O)/C=C/c2ccc(C)cc2)CC1. The number of aryl methyl sites for hydroxylation is 1. The molecule has 1 aliphatic rings. The first kappa shape index (κ1) is 21.2. The smallest absolute Gasteiger partial charge is 0.331 e. The minimum atomic E-state index is -0.420. The number of carbonyl (C=O) groups is 2. The molecule has 0 heterocycles. The third kappa shape index (κ3) is 6.85. The van der Waals surface area contributed by atoms with Gasteiger partial charge in [0, 0.05) is 6.08 Å². The fourth-order valence-corrected chi connectivity index (χ4v) is 3.00. The minimum absolute atomic E-state index is 0.0424. The first-order valence-electron chi connectivity index (χ1n) is 9.92. The van der Waals surface area contributed by atoms with Gasteiger partial charge in [-0.1, -0.05) is 36.8 Å². The van der Waals surface area contributed by atoms with Gasteiger partial charge in [-0.3, -0.25) is 4.79 Å². The highest BCUT2D eigenvalue weighted by Crippen LogP contribution is 2.28. The van der Waals surface area contributed by atoms with Crippen molar-refractivity contribution in [3.8, 4) is 0 Å². The van der Waals surface area contributed by atoms with Crippen LogP contribution in [0.15, 0.2) is 30.3 Å². The molecule has 27 heavy (non-hydrogen) atoms.